The van der Waals surface area contributed by atoms with Gasteiger partial charge in [0.1, 0.15) is 12.7 Å². The molecule has 2 atom stereocenters. The van der Waals surface area contributed by atoms with Crippen molar-refractivity contribution in [2.45, 2.75) is 12.5 Å². The van der Waals surface area contributed by atoms with Crippen LogP contribution < -0.4 is 19.7 Å². The molecule has 27 heavy (non-hydrogen) atoms. The Kier molecular flexibility index (Phi) is 4.90. The molecule has 2 aliphatic heterocycles. The van der Waals surface area contributed by atoms with E-state index in [4.69, 9.17) is 21.1 Å². The zero-order chi connectivity index (χ0) is 18.8. The van der Waals surface area contributed by atoms with Crippen molar-refractivity contribution in [3.8, 4) is 11.5 Å². The molecule has 1 N–H and O–H groups in total. The lowest BCUT2D eigenvalue weighted by Crippen LogP contribution is -2.43. The van der Waals surface area contributed by atoms with Gasteiger partial charge in [-0.2, -0.15) is 0 Å². The Balaban J connectivity index is 1.33. The number of halogens is 1. The maximum Gasteiger partial charge on any atom is 0.227 e. The molecule has 6 nitrogen and oxygen atoms in total. The number of rotatable bonds is 4. The number of carbonyl (C=O) groups excluding carboxylic acids is 2. The molecule has 0 radical (unpaired) electrons. The lowest BCUT2D eigenvalue weighted by Gasteiger charge is -2.26. The van der Waals surface area contributed by atoms with Crippen LogP contribution in [0.2, 0.25) is 5.02 Å². The Bertz CT molecular complexity index is 873. The lowest BCUT2D eigenvalue weighted by atomic mass is 10.1. The molecule has 2 aromatic carbocycles. The summed E-state index contributed by atoms with van der Waals surface area (Å²) in [7, 11) is 0. The fourth-order valence-electron chi connectivity index (χ4n) is 3.31. The molecule has 7 heteroatoms. The van der Waals surface area contributed by atoms with Gasteiger partial charge in [0, 0.05) is 13.0 Å². The van der Waals surface area contributed by atoms with Crippen LogP contribution >= 0.6 is 11.6 Å². The highest BCUT2D eigenvalue weighted by Crippen LogP contribution is 2.32. The van der Waals surface area contributed by atoms with E-state index < -0.39 is 5.92 Å². The van der Waals surface area contributed by atoms with Crippen molar-refractivity contribution in [1.29, 1.82) is 0 Å². The number of benzene rings is 2. The topological polar surface area (TPSA) is 67.9 Å². The summed E-state index contributed by atoms with van der Waals surface area (Å²) in [6.45, 7) is 1.01. The van der Waals surface area contributed by atoms with Gasteiger partial charge in [0.15, 0.2) is 11.5 Å². The third kappa shape index (κ3) is 3.71. The smallest absolute Gasteiger partial charge is 0.227 e. The van der Waals surface area contributed by atoms with E-state index in [0.717, 1.165) is 0 Å². The van der Waals surface area contributed by atoms with Crippen molar-refractivity contribution in [3.63, 3.8) is 0 Å². The van der Waals surface area contributed by atoms with Gasteiger partial charge >= 0.3 is 0 Å². The third-order valence-electron chi connectivity index (χ3n) is 4.71. The van der Waals surface area contributed by atoms with Crippen molar-refractivity contribution in [2.75, 3.05) is 24.6 Å². The predicted molar refractivity (Wildman–Crippen MR) is 101 cm³/mol. The van der Waals surface area contributed by atoms with Crippen molar-refractivity contribution >= 4 is 29.1 Å². The predicted octanol–water partition coefficient (Wildman–Crippen LogP) is 2.65. The SMILES string of the molecule is O=C(NC[C@H]1COc2ccccc2O1)[C@@H]1CC(=O)N(c2ccccc2Cl)C1. The summed E-state index contributed by atoms with van der Waals surface area (Å²) >= 11 is 6.18. The molecule has 0 unspecified atom stereocenters. The van der Waals surface area contributed by atoms with Crippen LogP contribution in [-0.4, -0.2) is 37.6 Å². The van der Waals surface area contributed by atoms with Crippen molar-refractivity contribution < 1.29 is 19.1 Å². The Morgan fingerprint density at radius 1 is 1.15 bits per heavy atom. The Morgan fingerprint density at radius 2 is 1.89 bits per heavy atom. The zero-order valence-corrected chi connectivity index (χ0v) is 15.3. The maximum absolute atomic E-state index is 12.5. The van der Waals surface area contributed by atoms with Crippen molar-refractivity contribution in [3.05, 3.63) is 53.6 Å². The summed E-state index contributed by atoms with van der Waals surface area (Å²) in [6.07, 6.45) is -0.0947. The van der Waals surface area contributed by atoms with E-state index in [1.54, 1.807) is 23.1 Å². The highest BCUT2D eigenvalue weighted by Gasteiger charge is 2.36. The van der Waals surface area contributed by atoms with Gasteiger partial charge in [-0.1, -0.05) is 35.9 Å². The Labute approximate surface area is 162 Å². The average Bonchev–Trinajstić information content (AvgIpc) is 3.08. The molecule has 0 aromatic heterocycles. The number of carbonyl (C=O) groups is 2. The highest BCUT2D eigenvalue weighted by atomic mass is 35.5. The lowest BCUT2D eigenvalue weighted by molar-refractivity contribution is -0.126. The van der Waals surface area contributed by atoms with E-state index in [9.17, 15) is 9.59 Å². The van der Waals surface area contributed by atoms with Gasteiger partial charge in [-0.3, -0.25) is 9.59 Å². The molecule has 4 rings (SSSR count). The fraction of sp³-hybridized carbons (Fsp3) is 0.300. The van der Waals surface area contributed by atoms with E-state index in [1.165, 1.54) is 0 Å². The van der Waals surface area contributed by atoms with Crippen LogP contribution in [-0.2, 0) is 9.59 Å². The van der Waals surface area contributed by atoms with Crippen LogP contribution in [0.5, 0.6) is 11.5 Å². The molecule has 2 aromatic rings. The van der Waals surface area contributed by atoms with Crippen LogP contribution in [0, 0.1) is 5.92 Å². The van der Waals surface area contributed by atoms with E-state index in [2.05, 4.69) is 5.32 Å². The normalized spacial score (nSPS) is 21.2. The molecule has 0 aliphatic carbocycles. The molecule has 0 saturated carbocycles. The quantitative estimate of drug-likeness (QED) is 0.877. The summed E-state index contributed by atoms with van der Waals surface area (Å²) in [5.41, 5.74) is 0.639. The van der Waals surface area contributed by atoms with E-state index in [1.807, 2.05) is 30.3 Å². The largest absolute Gasteiger partial charge is 0.486 e. The van der Waals surface area contributed by atoms with Crippen LogP contribution in [0.4, 0.5) is 5.69 Å². The Morgan fingerprint density at radius 3 is 2.70 bits per heavy atom. The minimum Gasteiger partial charge on any atom is -0.486 e. The van der Waals surface area contributed by atoms with E-state index in [0.29, 0.717) is 41.9 Å². The number of ether oxygens (including phenoxy) is 2. The van der Waals surface area contributed by atoms with E-state index >= 15 is 0 Å². The first kappa shape index (κ1) is 17.7. The second-order valence-corrected chi connectivity index (χ2v) is 7.01. The summed E-state index contributed by atoms with van der Waals surface area (Å²) < 4.78 is 11.5. The molecule has 1 saturated heterocycles. The van der Waals surface area contributed by atoms with E-state index in [-0.39, 0.29) is 24.3 Å². The average molecular weight is 387 g/mol. The van der Waals surface area contributed by atoms with Crippen LogP contribution in [0.15, 0.2) is 48.5 Å². The Hall–Kier alpha value is -2.73. The first-order valence-electron chi connectivity index (χ1n) is 8.83. The first-order chi connectivity index (χ1) is 13.1. The molecular weight excluding hydrogens is 368 g/mol. The number of hydrogen-bond donors (Lipinski definition) is 1. The molecule has 0 spiro atoms. The molecule has 140 valence electrons. The molecule has 2 heterocycles. The van der Waals surface area contributed by atoms with Gasteiger partial charge in [-0.25, -0.2) is 0 Å². The second-order valence-electron chi connectivity index (χ2n) is 6.60. The van der Waals surface area contributed by atoms with Gasteiger partial charge in [0.2, 0.25) is 11.8 Å². The number of anilines is 1. The summed E-state index contributed by atoms with van der Waals surface area (Å²) in [5.74, 6) is 0.696. The minimum absolute atomic E-state index is 0.102. The monoisotopic (exact) mass is 386 g/mol. The minimum atomic E-state index is -0.412. The molecule has 2 amide bonds. The van der Waals surface area contributed by atoms with Gasteiger partial charge in [0.25, 0.3) is 0 Å². The van der Waals surface area contributed by atoms with Gasteiger partial charge in [-0.05, 0) is 24.3 Å². The van der Waals surface area contributed by atoms with Crippen LogP contribution in [0.25, 0.3) is 0 Å². The molecule has 1 fully saturated rings. The molecule has 2 aliphatic rings. The van der Waals surface area contributed by atoms with Gasteiger partial charge < -0.3 is 19.7 Å². The van der Waals surface area contributed by atoms with Gasteiger partial charge in [0.05, 0.1) is 23.2 Å². The third-order valence-corrected chi connectivity index (χ3v) is 5.03. The summed E-state index contributed by atoms with van der Waals surface area (Å²) in [4.78, 5) is 26.4. The van der Waals surface area contributed by atoms with Crippen LogP contribution in [0.3, 0.4) is 0 Å². The number of nitrogens with zero attached hydrogens (tertiary/aromatic N) is 1. The summed E-state index contributed by atoms with van der Waals surface area (Å²) in [6, 6.07) is 14.6. The van der Waals surface area contributed by atoms with Crippen molar-refractivity contribution in [2.24, 2.45) is 5.92 Å². The number of nitrogens with one attached hydrogen (secondary N) is 1. The first-order valence-corrected chi connectivity index (χ1v) is 9.20. The number of amides is 2. The van der Waals surface area contributed by atoms with Crippen LogP contribution in [0.1, 0.15) is 6.42 Å². The fourth-order valence-corrected chi connectivity index (χ4v) is 3.55. The maximum atomic E-state index is 12.5. The number of para-hydroxylation sites is 3. The van der Waals surface area contributed by atoms with Gasteiger partial charge in [-0.15, -0.1) is 0 Å². The molecular formula is C20H19ClN2O4. The molecule has 0 bridgehead atoms. The highest BCUT2D eigenvalue weighted by molar-refractivity contribution is 6.33. The standard InChI is InChI=1S/C20H19ClN2O4/c21-15-5-1-2-6-16(15)23-11-13(9-19(23)24)20(25)22-10-14-12-26-17-7-3-4-8-18(17)27-14/h1-8,13-14H,9-12H2,(H,22,25)/t13-,14+/m1/s1. The summed E-state index contributed by atoms with van der Waals surface area (Å²) in [5, 5.41) is 3.37. The number of fused-ring (bicyclic) bond motifs is 1. The van der Waals surface area contributed by atoms with Crippen molar-refractivity contribution in [1.82, 2.24) is 5.32 Å². The second kappa shape index (κ2) is 7.48. The number of hydrogen-bond acceptors (Lipinski definition) is 4. The zero-order valence-electron chi connectivity index (χ0n) is 14.6.